The molecule has 0 fully saturated rings. The number of rotatable bonds is 14. The first kappa shape index (κ1) is 37.9. The monoisotopic (exact) mass is 734 g/mol. The first-order chi connectivity index (χ1) is 26.7. The summed E-state index contributed by atoms with van der Waals surface area (Å²) in [6, 6.07) is 40.7. The largest absolute Gasteiger partial charge is 0.504 e. The number of benzene rings is 5. The molecule has 0 aliphatic carbocycles. The highest BCUT2D eigenvalue weighted by Gasteiger charge is 2.39. The molecule has 0 unspecified atom stereocenters. The standard InChI is InChI=1S/C44H42N6O5/c45-37(25-32-21-22-39(51)40(52)26-32)42(54)50(41(53)28-47-24-23-31-13-5-1-6-14-31)43(55)38(46)27-36-29-49(30-48-36)44(33-15-7-2-8-16-33,34-17-9-3-10-18-34)35-19-11-4-12-20-35/h1-24,26,29-30,37-38,47,51-52H,25,27-28,45-46H2/b24-23-/t37-,38-/m0/s1. The summed E-state index contributed by atoms with van der Waals surface area (Å²) in [6.45, 7) is -0.400. The molecule has 278 valence electrons. The summed E-state index contributed by atoms with van der Waals surface area (Å²) in [5.74, 6) is -3.49. The third kappa shape index (κ3) is 8.54. The minimum atomic E-state index is -1.36. The lowest BCUT2D eigenvalue weighted by atomic mass is 9.77. The number of nitrogens with one attached hydrogen (secondary N) is 1. The van der Waals surface area contributed by atoms with Crippen LogP contribution < -0.4 is 16.8 Å². The van der Waals surface area contributed by atoms with Gasteiger partial charge in [-0.15, -0.1) is 0 Å². The number of hydrogen-bond acceptors (Lipinski definition) is 9. The molecule has 0 saturated carbocycles. The van der Waals surface area contributed by atoms with Crippen molar-refractivity contribution in [3.63, 3.8) is 0 Å². The van der Waals surface area contributed by atoms with Crippen LogP contribution in [0, 0.1) is 0 Å². The van der Waals surface area contributed by atoms with Crippen molar-refractivity contribution in [2.24, 2.45) is 11.5 Å². The van der Waals surface area contributed by atoms with Crippen molar-refractivity contribution in [3.05, 3.63) is 192 Å². The van der Waals surface area contributed by atoms with E-state index in [1.165, 1.54) is 18.2 Å². The Morgan fingerprint density at radius 1 is 0.709 bits per heavy atom. The van der Waals surface area contributed by atoms with Gasteiger partial charge >= 0.3 is 0 Å². The Balaban J connectivity index is 1.28. The maximum atomic E-state index is 14.1. The number of imidazole rings is 1. The third-order valence-corrected chi connectivity index (χ3v) is 9.29. The molecule has 55 heavy (non-hydrogen) atoms. The summed E-state index contributed by atoms with van der Waals surface area (Å²) in [5.41, 5.74) is 16.6. The highest BCUT2D eigenvalue weighted by Crippen LogP contribution is 2.40. The topological polar surface area (TPSA) is 177 Å². The van der Waals surface area contributed by atoms with Crippen LogP contribution in [0.1, 0.15) is 33.5 Å². The zero-order valence-electron chi connectivity index (χ0n) is 30.0. The van der Waals surface area contributed by atoms with Crippen molar-refractivity contribution in [1.82, 2.24) is 19.8 Å². The van der Waals surface area contributed by atoms with Crippen LogP contribution in [0.3, 0.4) is 0 Å². The van der Waals surface area contributed by atoms with Crippen LogP contribution in [-0.2, 0) is 32.8 Å². The molecule has 0 bridgehead atoms. The maximum absolute atomic E-state index is 14.1. The van der Waals surface area contributed by atoms with Crippen molar-refractivity contribution in [3.8, 4) is 11.5 Å². The van der Waals surface area contributed by atoms with Crippen LogP contribution in [0.15, 0.2) is 158 Å². The molecule has 11 nitrogen and oxygen atoms in total. The van der Waals surface area contributed by atoms with Gasteiger partial charge in [0, 0.05) is 12.6 Å². The fourth-order valence-electron chi connectivity index (χ4n) is 6.62. The summed E-state index contributed by atoms with van der Waals surface area (Å²) in [7, 11) is 0. The number of amides is 3. The van der Waals surface area contributed by atoms with Gasteiger partial charge in [-0.05, 0) is 58.6 Å². The first-order valence-electron chi connectivity index (χ1n) is 17.8. The van der Waals surface area contributed by atoms with Crippen LogP contribution in [-0.4, -0.2) is 61.0 Å². The summed E-state index contributed by atoms with van der Waals surface area (Å²) >= 11 is 0. The summed E-state index contributed by atoms with van der Waals surface area (Å²) < 4.78 is 1.99. The van der Waals surface area contributed by atoms with E-state index in [2.05, 4.69) is 46.7 Å². The fourth-order valence-corrected chi connectivity index (χ4v) is 6.62. The highest BCUT2D eigenvalue weighted by atomic mass is 16.3. The van der Waals surface area contributed by atoms with E-state index < -0.39 is 47.6 Å². The van der Waals surface area contributed by atoms with Crippen LogP contribution in [0.25, 0.3) is 6.08 Å². The lowest BCUT2D eigenvalue weighted by molar-refractivity contribution is -0.155. The van der Waals surface area contributed by atoms with Crippen molar-refractivity contribution in [2.75, 3.05) is 6.54 Å². The van der Waals surface area contributed by atoms with E-state index in [4.69, 9.17) is 11.5 Å². The number of carbonyl (C=O) groups is 3. The third-order valence-electron chi connectivity index (χ3n) is 9.29. The number of nitrogens with two attached hydrogens (primary N) is 2. The molecule has 1 heterocycles. The van der Waals surface area contributed by atoms with Crippen molar-refractivity contribution in [2.45, 2.75) is 30.5 Å². The normalized spacial score (nSPS) is 12.5. The summed E-state index contributed by atoms with van der Waals surface area (Å²) in [6.07, 6.45) is 6.58. The predicted molar refractivity (Wildman–Crippen MR) is 210 cm³/mol. The number of imide groups is 3. The number of phenolic OH excluding ortho intramolecular Hbond substituents is 2. The number of hydrogen-bond donors (Lipinski definition) is 5. The Kier molecular flexibility index (Phi) is 12.0. The van der Waals surface area contributed by atoms with E-state index in [1.54, 1.807) is 18.6 Å². The second kappa shape index (κ2) is 17.3. The second-order valence-electron chi connectivity index (χ2n) is 13.1. The van der Waals surface area contributed by atoms with Gasteiger partial charge in [-0.25, -0.2) is 9.88 Å². The molecule has 1 aromatic heterocycles. The van der Waals surface area contributed by atoms with Crippen molar-refractivity contribution in [1.29, 1.82) is 0 Å². The van der Waals surface area contributed by atoms with E-state index in [9.17, 15) is 24.6 Å². The number of nitrogens with zero attached hydrogens (tertiary/aromatic N) is 3. The molecular formula is C44H42N6O5. The van der Waals surface area contributed by atoms with Gasteiger partial charge < -0.3 is 31.6 Å². The molecule has 6 aromatic rings. The molecule has 0 aliphatic heterocycles. The average Bonchev–Trinajstić information content (AvgIpc) is 3.68. The number of carbonyl (C=O) groups excluding carboxylic acids is 3. The molecule has 3 amide bonds. The molecule has 0 radical (unpaired) electrons. The fraction of sp³-hybridized carbons (Fsp3) is 0.136. The summed E-state index contributed by atoms with van der Waals surface area (Å²) in [4.78, 5) is 46.7. The first-order valence-corrected chi connectivity index (χ1v) is 17.8. The Bertz CT molecular complexity index is 2150. The van der Waals surface area contributed by atoms with Gasteiger partial charge in [0.05, 0.1) is 30.6 Å². The number of aromatic nitrogens is 2. The molecule has 0 saturated heterocycles. The van der Waals surface area contributed by atoms with E-state index in [1.807, 2.05) is 95.7 Å². The van der Waals surface area contributed by atoms with Gasteiger partial charge in [-0.1, -0.05) is 127 Å². The van der Waals surface area contributed by atoms with Gasteiger partial charge in [-0.2, -0.15) is 0 Å². The zero-order chi connectivity index (χ0) is 38.8. The lowest BCUT2D eigenvalue weighted by Crippen LogP contribution is -2.57. The molecule has 11 heteroatoms. The molecule has 0 aliphatic rings. The van der Waals surface area contributed by atoms with Crippen LogP contribution >= 0.6 is 0 Å². The Hall–Kier alpha value is -6.82. The Morgan fingerprint density at radius 3 is 1.75 bits per heavy atom. The van der Waals surface area contributed by atoms with Gasteiger partial charge in [0.1, 0.15) is 5.54 Å². The van der Waals surface area contributed by atoms with Crippen molar-refractivity contribution < 1.29 is 24.6 Å². The Morgan fingerprint density at radius 2 is 1.22 bits per heavy atom. The van der Waals surface area contributed by atoms with Crippen LogP contribution in [0.5, 0.6) is 11.5 Å². The van der Waals surface area contributed by atoms with E-state index in [-0.39, 0.29) is 18.6 Å². The average molecular weight is 735 g/mol. The van der Waals surface area contributed by atoms with Crippen LogP contribution in [0.4, 0.5) is 0 Å². The number of phenols is 2. The molecule has 6 rings (SSSR count). The minimum absolute atomic E-state index is 0.0975. The molecule has 7 N–H and O–H groups in total. The molecule has 0 spiro atoms. The van der Waals surface area contributed by atoms with Gasteiger partial charge in [0.2, 0.25) is 0 Å². The van der Waals surface area contributed by atoms with Crippen LogP contribution in [0.2, 0.25) is 0 Å². The quantitative estimate of drug-likeness (QED) is 0.0783. The zero-order valence-corrected chi connectivity index (χ0v) is 30.0. The Labute approximate surface area is 319 Å². The minimum Gasteiger partial charge on any atom is -0.504 e. The molecule has 2 atom stereocenters. The molecular weight excluding hydrogens is 693 g/mol. The van der Waals surface area contributed by atoms with Gasteiger partial charge in [0.25, 0.3) is 17.7 Å². The number of aromatic hydroxyl groups is 2. The van der Waals surface area contributed by atoms with E-state index in [0.29, 0.717) is 16.2 Å². The van der Waals surface area contributed by atoms with Gasteiger partial charge in [0.15, 0.2) is 11.5 Å². The maximum Gasteiger partial charge on any atom is 0.255 e. The summed E-state index contributed by atoms with van der Waals surface area (Å²) in [5, 5.41) is 22.5. The smallest absolute Gasteiger partial charge is 0.255 e. The van der Waals surface area contributed by atoms with Crippen molar-refractivity contribution >= 4 is 23.8 Å². The molecule has 5 aromatic carbocycles. The van der Waals surface area contributed by atoms with E-state index in [0.717, 1.165) is 22.3 Å². The predicted octanol–water partition coefficient (Wildman–Crippen LogP) is 4.72. The SMILES string of the molecule is N[C@@H](Cc1ccc(O)c(O)c1)C(=O)N(C(=O)CN/C=C\c1ccccc1)C(=O)[C@@H](N)Cc1cn(C(c2ccccc2)(c2ccccc2)c2ccccc2)cn1. The second-order valence-corrected chi connectivity index (χ2v) is 13.1. The highest BCUT2D eigenvalue weighted by molar-refractivity contribution is 6.14. The lowest BCUT2D eigenvalue weighted by Gasteiger charge is -2.37. The van der Waals surface area contributed by atoms with E-state index >= 15 is 0 Å². The van der Waals surface area contributed by atoms with Gasteiger partial charge in [-0.3, -0.25) is 14.4 Å².